The zero-order valence-corrected chi connectivity index (χ0v) is 13.6. The highest BCUT2D eigenvalue weighted by Crippen LogP contribution is 2.38. The Balaban J connectivity index is 2.06. The summed E-state index contributed by atoms with van der Waals surface area (Å²) in [6.07, 6.45) is 3.58. The first-order chi connectivity index (χ1) is 10.1. The van der Waals surface area contributed by atoms with Crippen molar-refractivity contribution in [1.29, 1.82) is 0 Å². The normalized spacial score (nSPS) is 26.2. The third-order valence-electron chi connectivity index (χ3n) is 4.85. The predicted octanol–water partition coefficient (Wildman–Crippen LogP) is 4.18. The second kappa shape index (κ2) is 5.84. The average Bonchev–Trinajstić information content (AvgIpc) is 2.87. The molecule has 5 heteroatoms. The zero-order valence-electron chi connectivity index (χ0n) is 12.8. The maximum absolute atomic E-state index is 6.12. The largest absolute Gasteiger partial charge is 0.481 e. The number of imidazole rings is 1. The summed E-state index contributed by atoms with van der Waals surface area (Å²) in [4.78, 5) is 9.24. The van der Waals surface area contributed by atoms with Crippen molar-refractivity contribution in [2.75, 3.05) is 7.11 Å². The third-order valence-corrected chi connectivity index (χ3v) is 5.09. The average molecular weight is 308 g/mol. The summed E-state index contributed by atoms with van der Waals surface area (Å²) in [7, 11) is 1.64. The lowest BCUT2D eigenvalue weighted by Gasteiger charge is -2.33. The number of alkyl halides is 1. The maximum atomic E-state index is 6.12. The molecule has 0 bridgehead atoms. The quantitative estimate of drug-likeness (QED) is 0.799. The van der Waals surface area contributed by atoms with Crippen LogP contribution in [-0.2, 0) is 5.88 Å². The molecule has 0 aromatic carbocycles. The van der Waals surface area contributed by atoms with E-state index in [1.807, 2.05) is 12.1 Å². The number of ether oxygens (including phenoxy) is 1. The Labute approximate surface area is 130 Å². The highest BCUT2D eigenvalue weighted by atomic mass is 35.5. The summed E-state index contributed by atoms with van der Waals surface area (Å²) in [5, 5.41) is 0. The smallest absolute Gasteiger partial charge is 0.215 e. The molecule has 3 rings (SSSR count). The second-order valence-corrected chi connectivity index (χ2v) is 6.42. The Bertz CT molecular complexity index is 640. The number of methoxy groups -OCH3 is 1. The van der Waals surface area contributed by atoms with Gasteiger partial charge in [0.2, 0.25) is 5.88 Å². The fourth-order valence-electron chi connectivity index (χ4n) is 3.35. The fourth-order valence-corrected chi connectivity index (χ4v) is 3.54. The van der Waals surface area contributed by atoms with Crippen LogP contribution in [0.15, 0.2) is 12.1 Å². The molecule has 1 aliphatic rings. The van der Waals surface area contributed by atoms with Gasteiger partial charge in [0.15, 0.2) is 5.65 Å². The van der Waals surface area contributed by atoms with Crippen molar-refractivity contribution in [3.05, 3.63) is 18.0 Å². The van der Waals surface area contributed by atoms with Crippen LogP contribution >= 0.6 is 11.6 Å². The molecule has 0 aliphatic heterocycles. The van der Waals surface area contributed by atoms with E-state index >= 15 is 0 Å². The molecule has 3 atom stereocenters. The van der Waals surface area contributed by atoms with Gasteiger partial charge in [-0.05, 0) is 37.2 Å². The van der Waals surface area contributed by atoms with E-state index in [2.05, 4.69) is 28.4 Å². The first-order valence-corrected chi connectivity index (χ1v) is 8.15. The molecule has 0 N–H and O–H groups in total. The topological polar surface area (TPSA) is 39.9 Å². The minimum Gasteiger partial charge on any atom is -0.481 e. The van der Waals surface area contributed by atoms with Gasteiger partial charge < -0.3 is 9.30 Å². The minimum absolute atomic E-state index is 0.416. The van der Waals surface area contributed by atoms with Crippen molar-refractivity contribution in [3.8, 4) is 5.88 Å². The van der Waals surface area contributed by atoms with E-state index in [1.165, 1.54) is 12.8 Å². The van der Waals surface area contributed by atoms with Crippen molar-refractivity contribution in [3.63, 3.8) is 0 Å². The summed E-state index contributed by atoms with van der Waals surface area (Å²) in [6.45, 7) is 4.68. The van der Waals surface area contributed by atoms with Crippen molar-refractivity contribution >= 4 is 22.8 Å². The van der Waals surface area contributed by atoms with Gasteiger partial charge in [-0.1, -0.05) is 13.8 Å². The van der Waals surface area contributed by atoms with Gasteiger partial charge in [-0.15, -0.1) is 11.6 Å². The summed E-state index contributed by atoms with van der Waals surface area (Å²) in [5.74, 6) is 3.47. The van der Waals surface area contributed by atoms with E-state index in [-0.39, 0.29) is 0 Å². The molecular formula is C16H22ClN3O. The highest BCUT2D eigenvalue weighted by Gasteiger charge is 2.28. The first-order valence-electron chi connectivity index (χ1n) is 7.61. The molecule has 1 fully saturated rings. The summed E-state index contributed by atoms with van der Waals surface area (Å²) >= 11 is 6.12. The number of nitrogens with zero attached hydrogens (tertiary/aromatic N) is 3. The second-order valence-electron chi connectivity index (χ2n) is 6.15. The molecule has 1 saturated carbocycles. The fraction of sp³-hybridized carbons (Fsp3) is 0.625. The molecule has 0 radical (unpaired) electrons. The van der Waals surface area contributed by atoms with Crippen LogP contribution in [0.2, 0.25) is 0 Å². The Kier molecular flexibility index (Phi) is 4.07. The minimum atomic E-state index is 0.416. The molecule has 21 heavy (non-hydrogen) atoms. The summed E-state index contributed by atoms with van der Waals surface area (Å²) in [5.41, 5.74) is 1.80. The highest BCUT2D eigenvalue weighted by molar-refractivity contribution is 6.16. The van der Waals surface area contributed by atoms with Gasteiger partial charge in [-0.3, -0.25) is 0 Å². The van der Waals surface area contributed by atoms with E-state index in [0.29, 0.717) is 17.8 Å². The molecule has 2 aromatic rings. The van der Waals surface area contributed by atoms with Gasteiger partial charge in [-0.25, -0.2) is 4.98 Å². The molecule has 2 heterocycles. The Morgan fingerprint density at radius 2 is 2.05 bits per heavy atom. The van der Waals surface area contributed by atoms with Gasteiger partial charge in [0.1, 0.15) is 11.3 Å². The maximum Gasteiger partial charge on any atom is 0.215 e. The zero-order chi connectivity index (χ0) is 15.0. The number of fused-ring (bicyclic) bond motifs is 1. The van der Waals surface area contributed by atoms with Gasteiger partial charge in [0.25, 0.3) is 0 Å². The van der Waals surface area contributed by atoms with Crippen LogP contribution in [0.5, 0.6) is 5.88 Å². The predicted molar refractivity (Wildman–Crippen MR) is 84.9 cm³/mol. The molecule has 2 aromatic heterocycles. The van der Waals surface area contributed by atoms with Crippen molar-refractivity contribution in [2.24, 2.45) is 11.8 Å². The van der Waals surface area contributed by atoms with Crippen LogP contribution in [0.3, 0.4) is 0 Å². The number of hydrogen-bond acceptors (Lipinski definition) is 3. The number of rotatable bonds is 3. The van der Waals surface area contributed by atoms with E-state index in [4.69, 9.17) is 16.3 Å². The summed E-state index contributed by atoms with van der Waals surface area (Å²) < 4.78 is 7.50. The van der Waals surface area contributed by atoms with Gasteiger partial charge in [0.05, 0.1) is 13.0 Å². The van der Waals surface area contributed by atoms with Gasteiger partial charge in [0, 0.05) is 12.1 Å². The molecule has 3 unspecified atom stereocenters. The van der Waals surface area contributed by atoms with Gasteiger partial charge in [-0.2, -0.15) is 4.98 Å². The van der Waals surface area contributed by atoms with E-state index in [0.717, 1.165) is 35.2 Å². The van der Waals surface area contributed by atoms with Crippen molar-refractivity contribution < 1.29 is 4.74 Å². The lowest BCUT2D eigenvalue weighted by molar-refractivity contribution is 0.211. The summed E-state index contributed by atoms with van der Waals surface area (Å²) in [6, 6.07) is 4.25. The number of aromatic nitrogens is 3. The van der Waals surface area contributed by atoms with E-state index in [1.54, 1.807) is 7.11 Å². The Hall–Kier alpha value is -1.29. The van der Waals surface area contributed by atoms with Crippen LogP contribution in [-0.4, -0.2) is 21.6 Å². The number of halogens is 1. The SMILES string of the molecule is COc1ccc2nc(CCl)n(C3CCC(C)C(C)C3)c2n1. The van der Waals surface area contributed by atoms with E-state index < -0.39 is 0 Å². The first kappa shape index (κ1) is 14.6. The Morgan fingerprint density at radius 1 is 1.24 bits per heavy atom. The Morgan fingerprint density at radius 3 is 2.71 bits per heavy atom. The molecule has 0 spiro atoms. The monoisotopic (exact) mass is 307 g/mol. The molecule has 114 valence electrons. The number of pyridine rings is 1. The van der Waals surface area contributed by atoms with Crippen LogP contribution in [0.4, 0.5) is 0 Å². The molecular weight excluding hydrogens is 286 g/mol. The lowest BCUT2D eigenvalue weighted by atomic mass is 9.79. The van der Waals surface area contributed by atoms with Crippen molar-refractivity contribution in [1.82, 2.24) is 14.5 Å². The van der Waals surface area contributed by atoms with Crippen LogP contribution in [0, 0.1) is 11.8 Å². The lowest BCUT2D eigenvalue weighted by Crippen LogP contribution is -2.24. The molecule has 1 aliphatic carbocycles. The molecule has 0 amide bonds. The van der Waals surface area contributed by atoms with Crippen LogP contribution < -0.4 is 4.74 Å². The van der Waals surface area contributed by atoms with E-state index in [9.17, 15) is 0 Å². The van der Waals surface area contributed by atoms with Crippen LogP contribution in [0.25, 0.3) is 11.2 Å². The van der Waals surface area contributed by atoms with Crippen molar-refractivity contribution in [2.45, 2.75) is 45.0 Å². The molecule has 0 saturated heterocycles. The third kappa shape index (κ3) is 2.61. The van der Waals surface area contributed by atoms with Crippen LogP contribution in [0.1, 0.15) is 45.0 Å². The number of hydrogen-bond donors (Lipinski definition) is 0. The van der Waals surface area contributed by atoms with Gasteiger partial charge >= 0.3 is 0 Å². The standard InChI is InChI=1S/C16H22ClN3O/c1-10-4-5-12(8-11(10)2)20-14(9-17)18-13-6-7-15(21-3)19-16(13)20/h6-7,10-12H,4-5,8-9H2,1-3H3. The molecule has 4 nitrogen and oxygen atoms in total.